The molecule has 0 aliphatic carbocycles. The molecule has 2 rings (SSSR count). The lowest BCUT2D eigenvalue weighted by Crippen LogP contribution is -2.02. The molecule has 5 heteroatoms. The van der Waals surface area contributed by atoms with E-state index in [1.807, 2.05) is 13.0 Å². The average Bonchev–Trinajstić information content (AvgIpc) is 2.34. The fourth-order valence-electron chi connectivity index (χ4n) is 1.68. The molecule has 0 spiro atoms. The third-order valence-electron chi connectivity index (χ3n) is 2.39. The van der Waals surface area contributed by atoms with Crippen LogP contribution in [-0.2, 0) is 0 Å². The Kier molecular flexibility index (Phi) is 3.12. The monoisotopic (exact) mass is 249 g/mol. The van der Waals surface area contributed by atoms with E-state index in [1.54, 1.807) is 0 Å². The van der Waals surface area contributed by atoms with Crippen molar-refractivity contribution in [3.63, 3.8) is 0 Å². The zero-order valence-corrected chi connectivity index (χ0v) is 9.85. The molecule has 86 valence electrons. The number of anilines is 1. The Morgan fingerprint density at radius 1 is 1.53 bits per heavy atom. The van der Waals surface area contributed by atoms with E-state index in [2.05, 4.69) is 10.3 Å². The number of benzene rings is 1. The Morgan fingerprint density at radius 2 is 2.29 bits per heavy atom. The quantitative estimate of drug-likeness (QED) is 0.888. The molecule has 2 aromatic rings. The third-order valence-corrected chi connectivity index (χ3v) is 2.70. The van der Waals surface area contributed by atoms with E-state index in [9.17, 15) is 4.39 Å². The Balaban J connectivity index is 2.89. The van der Waals surface area contributed by atoms with Gasteiger partial charge in [0.05, 0.1) is 27.2 Å². The maximum Gasteiger partial charge on any atom is 0.134 e. The van der Waals surface area contributed by atoms with Crippen molar-refractivity contribution in [2.24, 2.45) is 0 Å². The van der Waals surface area contributed by atoms with Gasteiger partial charge in [-0.1, -0.05) is 11.6 Å². The van der Waals surface area contributed by atoms with Gasteiger partial charge in [-0.3, -0.25) is 4.98 Å². The van der Waals surface area contributed by atoms with E-state index in [4.69, 9.17) is 16.9 Å². The maximum atomic E-state index is 13.8. The van der Waals surface area contributed by atoms with Crippen LogP contribution in [0.5, 0.6) is 0 Å². The van der Waals surface area contributed by atoms with Crippen LogP contribution in [0.2, 0.25) is 5.02 Å². The summed E-state index contributed by atoms with van der Waals surface area (Å²) in [7, 11) is 0. The standard InChI is InChI=1S/C12H9ClFN3/c1-2-16-11-7(5-15)6-17-12-8(13)3-4-9(14)10(11)12/h3-4,6H,2H2,1H3,(H,16,17). The number of halogens is 2. The zero-order chi connectivity index (χ0) is 12.4. The van der Waals surface area contributed by atoms with Gasteiger partial charge < -0.3 is 5.32 Å². The molecule has 1 N–H and O–H groups in total. The zero-order valence-electron chi connectivity index (χ0n) is 9.09. The smallest absolute Gasteiger partial charge is 0.134 e. The van der Waals surface area contributed by atoms with Crippen LogP contribution in [0.4, 0.5) is 10.1 Å². The largest absolute Gasteiger partial charge is 0.384 e. The van der Waals surface area contributed by atoms with Gasteiger partial charge in [-0.2, -0.15) is 5.26 Å². The first-order valence-electron chi connectivity index (χ1n) is 5.09. The predicted octanol–water partition coefficient (Wildman–Crippen LogP) is 3.33. The molecule has 17 heavy (non-hydrogen) atoms. The van der Waals surface area contributed by atoms with Crippen molar-refractivity contribution in [3.05, 3.63) is 34.7 Å². The second kappa shape index (κ2) is 4.56. The minimum atomic E-state index is -0.440. The number of nitriles is 1. The second-order valence-electron chi connectivity index (χ2n) is 3.44. The summed E-state index contributed by atoms with van der Waals surface area (Å²) >= 11 is 5.96. The van der Waals surface area contributed by atoms with Gasteiger partial charge in [0.2, 0.25) is 0 Å². The summed E-state index contributed by atoms with van der Waals surface area (Å²) in [6.45, 7) is 2.45. The van der Waals surface area contributed by atoms with Gasteiger partial charge in [0.1, 0.15) is 11.9 Å². The highest BCUT2D eigenvalue weighted by molar-refractivity contribution is 6.35. The normalized spacial score (nSPS) is 10.2. The Labute approximate surface area is 103 Å². The van der Waals surface area contributed by atoms with Crippen LogP contribution < -0.4 is 5.32 Å². The lowest BCUT2D eigenvalue weighted by molar-refractivity contribution is 0.640. The fraction of sp³-hybridized carbons (Fsp3) is 0.167. The van der Waals surface area contributed by atoms with Crippen LogP contribution in [0, 0.1) is 17.1 Å². The molecule has 0 atom stereocenters. The Hall–Kier alpha value is -1.86. The van der Waals surface area contributed by atoms with E-state index in [1.165, 1.54) is 18.3 Å². The van der Waals surface area contributed by atoms with Crippen molar-refractivity contribution in [3.8, 4) is 6.07 Å². The molecule has 0 aliphatic rings. The number of nitrogens with one attached hydrogen (secondary N) is 1. The van der Waals surface area contributed by atoms with Gasteiger partial charge in [-0.25, -0.2) is 4.39 Å². The van der Waals surface area contributed by atoms with Crippen LogP contribution in [0.3, 0.4) is 0 Å². The molecule has 0 amide bonds. The van der Waals surface area contributed by atoms with E-state index in [0.29, 0.717) is 28.3 Å². The highest BCUT2D eigenvalue weighted by Gasteiger charge is 2.14. The molecule has 0 unspecified atom stereocenters. The number of fused-ring (bicyclic) bond motifs is 1. The van der Waals surface area contributed by atoms with Crippen LogP contribution in [0.15, 0.2) is 18.3 Å². The van der Waals surface area contributed by atoms with Gasteiger partial charge >= 0.3 is 0 Å². The highest BCUT2D eigenvalue weighted by atomic mass is 35.5. The molecular formula is C12H9ClFN3. The molecule has 0 saturated heterocycles. The number of pyridine rings is 1. The molecule has 0 fully saturated rings. The van der Waals surface area contributed by atoms with E-state index < -0.39 is 5.82 Å². The van der Waals surface area contributed by atoms with Gasteiger partial charge in [0.25, 0.3) is 0 Å². The number of aromatic nitrogens is 1. The fourth-order valence-corrected chi connectivity index (χ4v) is 1.88. The Bertz CT molecular complexity index is 619. The first-order chi connectivity index (χ1) is 8.19. The number of hydrogen-bond acceptors (Lipinski definition) is 3. The lowest BCUT2D eigenvalue weighted by atomic mass is 10.1. The lowest BCUT2D eigenvalue weighted by Gasteiger charge is -2.10. The van der Waals surface area contributed by atoms with Gasteiger partial charge in [0.15, 0.2) is 0 Å². The van der Waals surface area contributed by atoms with Crippen LogP contribution >= 0.6 is 11.6 Å². The van der Waals surface area contributed by atoms with E-state index in [-0.39, 0.29) is 5.39 Å². The van der Waals surface area contributed by atoms with Crippen LogP contribution in [-0.4, -0.2) is 11.5 Å². The highest BCUT2D eigenvalue weighted by Crippen LogP contribution is 2.31. The van der Waals surface area contributed by atoms with Crippen LogP contribution in [0.25, 0.3) is 10.9 Å². The summed E-state index contributed by atoms with van der Waals surface area (Å²) in [5, 5.41) is 12.6. The van der Waals surface area contributed by atoms with Crippen molar-refractivity contribution in [1.82, 2.24) is 4.98 Å². The maximum absolute atomic E-state index is 13.8. The summed E-state index contributed by atoms with van der Waals surface area (Å²) in [4.78, 5) is 4.02. The van der Waals surface area contributed by atoms with Crippen molar-refractivity contribution in [2.45, 2.75) is 6.92 Å². The van der Waals surface area contributed by atoms with Crippen molar-refractivity contribution in [2.75, 3.05) is 11.9 Å². The molecule has 0 aliphatic heterocycles. The topological polar surface area (TPSA) is 48.7 Å². The second-order valence-corrected chi connectivity index (χ2v) is 3.85. The molecule has 0 saturated carbocycles. The molecule has 0 radical (unpaired) electrons. The minimum Gasteiger partial charge on any atom is -0.384 e. The van der Waals surface area contributed by atoms with E-state index >= 15 is 0 Å². The first kappa shape index (κ1) is 11.6. The molecule has 1 aromatic heterocycles. The summed E-state index contributed by atoms with van der Waals surface area (Å²) in [6.07, 6.45) is 1.39. The Morgan fingerprint density at radius 3 is 2.94 bits per heavy atom. The summed E-state index contributed by atoms with van der Waals surface area (Å²) < 4.78 is 13.8. The minimum absolute atomic E-state index is 0.262. The van der Waals surface area contributed by atoms with Gasteiger partial charge in [-0.15, -0.1) is 0 Å². The summed E-state index contributed by atoms with van der Waals surface area (Å²) in [6, 6.07) is 4.71. The number of rotatable bonds is 2. The van der Waals surface area contributed by atoms with Crippen LogP contribution in [0.1, 0.15) is 12.5 Å². The average molecular weight is 250 g/mol. The number of hydrogen-bond donors (Lipinski definition) is 1. The molecule has 0 bridgehead atoms. The summed E-state index contributed by atoms with van der Waals surface area (Å²) in [5.41, 5.74) is 1.11. The van der Waals surface area contributed by atoms with Gasteiger partial charge in [0, 0.05) is 12.7 Å². The number of nitrogens with zero attached hydrogens (tertiary/aromatic N) is 2. The molecule has 3 nitrogen and oxygen atoms in total. The van der Waals surface area contributed by atoms with Gasteiger partial charge in [-0.05, 0) is 19.1 Å². The third kappa shape index (κ3) is 1.90. The van der Waals surface area contributed by atoms with Crippen molar-refractivity contribution >= 4 is 28.2 Å². The molecular weight excluding hydrogens is 241 g/mol. The summed E-state index contributed by atoms with van der Waals surface area (Å²) in [5.74, 6) is -0.440. The SMILES string of the molecule is CCNc1c(C#N)cnc2c(Cl)ccc(F)c12. The molecule has 1 heterocycles. The molecule has 1 aromatic carbocycles. The predicted molar refractivity (Wildman–Crippen MR) is 65.6 cm³/mol. The van der Waals surface area contributed by atoms with Crippen molar-refractivity contribution < 1.29 is 4.39 Å². The first-order valence-corrected chi connectivity index (χ1v) is 5.47. The van der Waals surface area contributed by atoms with Crippen molar-refractivity contribution in [1.29, 1.82) is 5.26 Å². The van der Waals surface area contributed by atoms with E-state index in [0.717, 1.165) is 0 Å².